The maximum atomic E-state index is 8.88. The smallest absolute Gasteiger partial charge is 0.227 e. The Labute approximate surface area is 72.8 Å². The van der Waals surface area contributed by atoms with Crippen molar-refractivity contribution in [3.63, 3.8) is 0 Å². The van der Waals surface area contributed by atoms with E-state index in [1.165, 1.54) is 11.3 Å². The molecule has 2 rings (SSSR count). The third-order valence-electron chi connectivity index (χ3n) is 1.48. The van der Waals surface area contributed by atoms with Crippen LogP contribution in [0.4, 0.5) is 5.13 Å². The molecule has 0 amide bonds. The minimum atomic E-state index is 0.399. The summed E-state index contributed by atoms with van der Waals surface area (Å²) < 4.78 is 1.01. The van der Waals surface area contributed by atoms with Gasteiger partial charge in [0.05, 0.1) is 10.2 Å². The minimum absolute atomic E-state index is 0.399. The molecule has 0 aliphatic rings. The lowest BCUT2D eigenvalue weighted by atomic mass is 10.3. The predicted octanol–water partition coefficient (Wildman–Crippen LogP) is 1.37. The first-order valence-corrected chi connectivity index (χ1v) is 4.18. The van der Waals surface area contributed by atoms with Gasteiger partial charge in [0, 0.05) is 0 Å². The van der Waals surface area contributed by atoms with Crippen LogP contribution in [-0.2, 0) is 0 Å². The number of para-hydroxylation sites is 1. The standard InChI is InChI=1S/C7H7N3OS/c8-10(11)7-9-5-3-1-2-4-6(5)12-7/h1-4,11H,8H2. The Morgan fingerprint density at radius 3 is 2.83 bits per heavy atom. The highest BCUT2D eigenvalue weighted by Crippen LogP contribution is 2.25. The number of nitrogens with two attached hydrogens (primary N) is 1. The second-order valence-corrected chi connectivity index (χ2v) is 3.32. The molecule has 0 saturated carbocycles. The van der Waals surface area contributed by atoms with E-state index in [1.807, 2.05) is 24.3 Å². The van der Waals surface area contributed by atoms with Gasteiger partial charge in [-0.25, -0.2) is 10.8 Å². The Morgan fingerprint density at radius 2 is 2.17 bits per heavy atom. The van der Waals surface area contributed by atoms with Crippen molar-refractivity contribution in [2.75, 3.05) is 5.17 Å². The summed E-state index contributed by atoms with van der Waals surface area (Å²) in [7, 11) is 0. The fourth-order valence-electron chi connectivity index (χ4n) is 0.958. The Bertz CT molecular complexity index is 365. The van der Waals surface area contributed by atoms with Gasteiger partial charge in [-0.1, -0.05) is 23.5 Å². The highest BCUT2D eigenvalue weighted by molar-refractivity contribution is 7.22. The number of nitrogens with zero attached hydrogens (tertiary/aromatic N) is 2. The van der Waals surface area contributed by atoms with Gasteiger partial charge in [0.15, 0.2) is 0 Å². The van der Waals surface area contributed by atoms with Crippen molar-refractivity contribution in [1.29, 1.82) is 0 Å². The number of rotatable bonds is 1. The van der Waals surface area contributed by atoms with E-state index in [2.05, 4.69) is 4.98 Å². The molecule has 0 bridgehead atoms. The molecule has 12 heavy (non-hydrogen) atoms. The monoisotopic (exact) mass is 181 g/mol. The van der Waals surface area contributed by atoms with Crippen molar-refractivity contribution in [2.24, 2.45) is 5.84 Å². The first kappa shape index (κ1) is 7.48. The Morgan fingerprint density at radius 1 is 1.42 bits per heavy atom. The van der Waals surface area contributed by atoms with Crippen molar-refractivity contribution in [3.8, 4) is 0 Å². The van der Waals surface area contributed by atoms with E-state index in [-0.39, 0.29) is 0 Å². The first-order chi connectivity index (χ1) is 5.77. The molecule has 1 heterocycles. The van der Waals surface area contributed by atoms with Crippen LogP contribution < -0.4 is 11.0 Å². The number of hydrogen-bond donors (Lipinski definition) is 2. The van der Waals surface area contributed by atoms with Crippen LogP contribution in [0.5, 0.6) is 0 Å². The number of benzene rings is 1. The van der Waals surface area contributed by atoms with Gasteiger partial charge in [0.2, 0.25) is 5.13 Å². The van der Waals surface area contributed by atoms with Gasteiger partial charge in [-0.15, -0.1) is 0 Å². The highest BCUT2D eigenvalue weighted by Gasteiger charge is 2.04. The fraction of sp³-hybridized carbons (Fsp3) is 0. The summed E-state index contributed by atoms with van der Waals surface area (Å²) in [4.78, 5) is 4.08. The minimum Gasteiger partial charge on any atom is -0.271 e. The number of hydrazine groups is 1. The number of thiazole rings is 1. The molecule has 0 aliphatic carbocycles. The van der Waals surface area contributed by atoms with Gasteiger partial charge < -0.3 is 0 Å². The van der Waals surface area contributed by atoms with Crippen LogP contribution in [0.1, 0.15) is 0 Å². The fourth-order valence-corrected chi connectivity index (χ4v) is 1.76. The van der Waals surface area contributed by atoms with Crippen LogP contribution in [0.2, 0.25) is 0 Å². The summed E-state index contributed by atoms with van der Waals surface area (Å²) in [5, 5.41) is 9.82. The number of fused-ring (bicyclic) bond motifs is 1. The summed E-state index contributed by atoms with van der Waals surface area (Å²) >= 11 is 1.35. The van der Waals surface area contributed by atoms with Gasteiger partial charge in [-0.3, -0.25) is 5.21 Å². The van der Waals surface area contributed by atoms with E-state index in [9.17, 15) is 0 Å². The van der Waals surface area contributed by atoms with Gasteiger partial charge in [0.25, 0.3) is 0 Å². The van der Waals surface area contributed by atoms with Gasteiger partial charge >= 0.3 is 0 Å². The van der Waals surface area contributed by atoms with E-state index in [1.54, 1.807) is 0 Å². The van der Waals surface area contributed by atoms with E-state index >= 15 is 0 Å². The molecule has 1 aromatic heterocycles. The third-order valence-corrected chi connectivity index (χ3v) is 2.50. The zero-order chi connectivity index (χ0) is 8.55. The normalized spacial score (nSPS) is 10.5. The van der Waals surface area contributed by atoms with Gasteiger partial charge in [0.1, 0.15) is 0 Å². The third kappa shape index (κ3) is 1.14. The summed E-state index contributed by atoms with van der Waals surface area (Å²) in [5.74, 6) is 5.11. The van der Waals surface area contributed by atoms with Crippen molar-refractivity contribution in [3.05, 3.63) is 24.3 Å². The summed E-state index contributed by atoms with van der Waals surface area (Å²) in [5.41, 5.74) is 0.849. The van der Waals surface area contributed by atoms with E-state index < -0.39 is 0 Å². The van der Waals surface area contributed by atoms with E-state index in [4.69, 9.17) is 11.0 Å². The molecule has 0 spiro atoms. The van der Waals surface area contributed by atoms with Gasteiger partial charge in [-0.2, -0.15) is 5.17 Å². The molecule has 0 radical (unpaired) electrons. The van der Waals surface area contributed by atoms with Crippen LogP contribution in [0, 0.1) is 0 Å². The van der Waals surface area contributed by atoms with Crippen LogP contribution in [0.25, 0.3) is 10.2 Å². The Hall–Kier alpha value is -1.17. The highest BCUT2D eigenvalue weighted by atomic mass is 32.1. The Balaban J connectivity index is 2.62. The predicted molar refractivity (Wildman–Crippen MR) is 48.1 cm³/mol. The lowest BCUT2D eigenvalue weighted by molar-refractivity contribution is 0.257. The molecule has 0 fully saturated rings. The van der Waals surface area contributed by atoms with Crippen molar-refractivity contribution in [1.82, 2.24) is 4.98 Å². The molecule has 1 aromatic carbocycles. The molecule has 62 valence electrons. The molecular weight excluding hydrogens is 174 g/mol. The van der Waals surface area contributed by atoms with Gasteiger partial charge in [-0.05, 0) is 12.1 Å². The number of anilines is 1. The van der Waals surface area contributed by atoms with Crippen LogP contribution in [0.15, 0.2) is 24.3 Å². The van der Waals surface area contributed by atoms with Crippen molar-refractivity contribution < 1.29 is 5.21 Å². The lowest BCUT2D eigenvalue weighted by Crippen LogP contribution is -2.25. The van der Waals surface area contributed by atoms with Crippen molar-refractivity contribution >= 4 is 26.7 Å². The van der Waals surface area contributed by atoms with E-state index in [0.717, 1.165) is 10.2 Å². The van der Waals surface area contributed by atoms with Crippen LogP contribution >= 0.6 is 11.3 Å². The first-order valence-electron chi connectivity index (χ1n) is 3.36. The average Bonchev–Trinajstić information content (AvgIpc) is 2.46. The lowest BCUT2D eigenvalue weighted by Gasteiger charge is -2.01. The quantitative estimate of drug-likeness (QED) is 0.515. The molecule has 0 unspecified atom stereocenters. The maximum absolute atomic E-state index is 8.88. The zero-order valence-corrected chi connectivity index (χ0v) is 6.95. The second-order valence-electron chi connectivity index (χ2n) is 2.31. The topological polar surface area (TPSA) is 62.4 Å². The largest absolute Gasteiger partial charge is 0.271 e. The molecule has 3 N–H and O–H groups in total. The SMILES string of the molecule is NN(O)c1nc2ccccc2s1. The molecule has 0 saturated heterocycles. The summed E-state index contributed by atoms with van der Waals surface area (Å²) in [6.07, 6.45) is 0. The molecule has 0 aliphatic heterocycles. The summed E-state index contributed by atoms with van der Waals surface area (Å²) in [6.45, 7) is 0. The maximum Gasteiger partial charge on any atom is 0.227 e. The number of hydrogen-bond acceptors (Lipinski definition) is 5. The van der Waals surface area contributed by atoms with E-state index in [0.29, 0.717) is 10.3 Å². The average molecular weight is 181 g/mol. The van der Waals surface area contributed by atoms with Crippen molar-refractivity contribution in [2.45, 2.75) is 0 Å². The molecule has 2 aromatic rings. The molecule has 4 nitrogen and oxygen atoms in total. The Kier molecular flexibility index (Phi) is 1.69. The second kappa shape index (κ2) is 2.71. The summed E-state index contributed by atoms with van der Waals surface area (Å²) in [6, 6.07) is 7.62. The molecule has 5 heteroatoms. The van der Waals surface area contributed by atoms with Crippen LogP contribution in [0.3, 0.4) is 0 Å². The molecule has 0 atom stereocenters. The van der Waals surface area contributed by atoms with Crippen LogP contribution in [-0.4, -0.2) is 10.2 Å². The molecular formula is C7H7N3OS. The zero-order valence-electron chi connectivity index (χ0n) is 6.14. The number of aromatic nitrogens is 1.